The van der Waals surface area contributed by atoms with Gasteiger partial charge in [0.25, 0.3) is 0 Å². The Bertz CT molecular complexity index is 769. The van der Waals surface area contributed by atoms with Crippen LogP contribution in [0.15, 0.2) is 35.5 Å². The van der Waals surface area contributed by atoms with Crippen LogP contribution in [0, 0.1) is 6.92 Å². The van der Waals surface area contributed by atoms with Crippen molar-refractivity contribution in [2.24, 2.45) is 0 Å². The third kappa shape index (κ3) is 4.36. The van der Waals surface area contributed by atoms with Gasteiger partial charge in [-0.05, 0) is 26.5 Å². The first kappa shape index (κ1) is 20.4. The van der Waals surface area contributed by atoms with Gasteiger partial charge in [0, 0.05) is 45.5 Å². The molecular formula is C21H30N4O3. The Morgan fingerprint density at radius 1 is 1.21 bits per heavy atom. The molecule has 7 heteroatoms. The number of rotatable bonds is 5. The van der Waals surface area contributed by atoms with Crippen LogP contribution >= 0.6 is 0 Å². The number of ether oxygens (including phenoxy) is 1. The first-order chi connectivity index (χ1) is 13.4. The van der Waals surface area contributed by atoms with E-state index in [4.69, 9.17) is 4.74 Å². The summed E-state index contributed by atoms with van der Waals surface area (Å²) < 4.78 is 5.38. The topological polar surface area (TPSA) is 65.1 Å². The molecular weight excluding hydrogens is 356 g/mol. The Hall–Kier alpha value is -2.38. The van der Waals surface area contributed by atoms with E-state index in [9.17, 15) is 9.59 Å². The SMILES string of the molecule is CCOC(=O)C1=C(CN2CCN(C)CC2)N(C)C(=O)N[C@H]1c1cccc(C)c1. The number of esters is 1. The number of hydrogen-bond acceptors (Lipinski definition) is 5. The highest BCUT2D eigenvalue weighted by molar-refractivity contribution is 5.95. The van der Waals surface area contributed by atoms with E-state index in [0.29, 0.717) is 18.7 Å². The molecule has 1 aromatic carbocycles. The van der Waals surface area contributed by atoms with Gasteiger partial charge in [0.15, 0.2) is 0 Å². The summed E-state index contributed by atoms with van der Waals surface area (Å²) in [5.74, 6) is -0.370. The first-order valence-corrected chi connectivity index (χ1v) is 9.82. The predicted octanol–water partition coefficient (Wildman–Crippen LogP) is 1.76. The summed E-state index contributed by atoms with van der Waals surface area (Å²) in [6, 6.07) is 7.17. The molecule has 7 nitrogen and oxygen atoms in total. The van der Waals surface area contributed by atoms with Crippen LogP contribution in [0.25, 0.3) is 0 Å². The molecule has 28 heavy (non-hydrogen) atoms. The molecule has 0 spiro atoms. The lowest BCUT2D eigenvalue weighted by Gasteiger charge is -2.39. The second-order valence-electron chi connectivity index (χ2n) is 7.52. The molecule has 0 aromatic heterocycles. The Balaban J connectivity index is 2.02. The third-order valence-electron chi connectivity index (χ3n) is 5.42. The van der Waals surface area contributed by atoms with Crippen molar-refractivity contribution in [1.29, 1.82) is 0 Å². The van der Waals surface area contributed by atoms with Crippen LogP contribution in [0.5, 0.6) is 0 Å². The number of amides is 2. The van der Waals surface area contributed by atoms with Crippen LogP contribution in [-0.4, -0.2) is 80.1 Å². The molecule has 0 saturated carbocycles. The molecule has 1 fully saturated rings. The molecule has 2 amide bonds. The van der Waals surface area contributed by atoms with Gasteiger partial charge in [-0.2, -0.15) is 0 Å². The van der Waals surface area contributed by atoms with Gasteiger partial charge in [-0.1, -0.05) is 29.8 Å². The number of benzene rings is 1. The largest absolute Gasteiger partial charge is 0.463 e. The molecule has 2 heterocycles. The molecule has 3 rings (SSSR count). The number of piperazine rings is 1. The summed E-state index contributed by atoms with van der Waals surface area (Å²) in [5.41, 5.74) is 3.21. The van der Waals surface area contributed by atoms with Gasteiger partial charge >= 0.3 is 12.0 Å². The lowest BCUT2D eigenvalue weighted by atomic mass is 9.93. The Kier molecular flexibility index (Phi) is 6.36. The van der Waals surface area contributed by atoms with Gasteiger partial charge in [0.05, 0.1) is 18.2 Å². The van der Waals surface area contributed by atoms with Crippen molar-refractivity contribution in [3.63, 3.8) is 0 Å². The number of likely N-dealkylation sites (N-methyl/N-ethyl adjacent to an activating group) is 2. The average Bonchev–Trinajstić information content (AvgIpc) is 2.67. The summed E-state index contributed by atoms with van der Waals surface area (Å²) in [6.07, 6.45) is 0. The zero-order valence-electron chi connectivity index (χ0n) is 17.2. The normalized spacial score (nSPS) is 21.6. The third-order valence-corrected chi connectivity index (χ3v) is 5.42. The standard InChI is InChI=1S/C21H30N4O3/c1-5-28-20(26)18-17(14-25-11-9-23(3)10-12-25)24(4)21(27)22-19(18)16-8-6-7-15(2)13-16/h6-8,13,19H,5,9-12,14H2,1-4H3,(H,22,27)/t19-/m0/s1. The van der Waals surface area contributed by atoms with E-state index < -0.39 is 6.04 Å². The van der Waals surface area contributed by atoms with Gasteiger partial charge in [-0.3, -0.25) is 9.80 Å². The summed E-state index contributed by atoms with van der Waals surface area (Å²) in [6.45, 7) is 8.39. The summed E-state index contributed by atoms with van der Waals surface area (Å²) >= 11 is 0. The molecule has 0 radical (unpaired) electrons. The van der Waals surface area contributed by atoms with E-state index in [0.717, 1.165) is 43.0 Å². The number of carbonyl (C=O) groups excluding carboxylic acids is 2. The van der Waals surface area contributed by atoms with Crippen LogP contribution in [0.1, 0.15) is 24.1 Å². The summed E-state index contributed by atoms with van der Waals surface area (Å²) in [7, 11) is 3.82. The van der Waals surface area contributed by atoms with E-state index >= 15 is 0 Å². The highest BCUT2D eigenvalue weighted by Gasteiger charge is 2.37. The number of hydrogen-bond donors (Lipinski definition) is 1. The summed E-state index contributed by atoms with van der Waals surface area (Å²) in [5, 5.41) is 2.97. The maximum atomic E-state index is 12.9. The van der Waals surface area contributed by atoms with Crippen LogP contribution in [0.3, 0.4) is 0 Å². The highest BCUT2D eigenvalue weighted by atomic mass is 16.5. The second-order valence-corrected chi connectivity index (χ2v) is 7.52. The monoisotopic (exact) mass is 386 g/mol. The Morgan fingerprint density at radius 2 is 1.93 bits per heavy atom. The first-order valence-electron chi connectivity index (χ1n) is 9.82. The van der Waals surface area contributed by atoms with E-state index in [1.807, 2.05) is 31.2 Å². The van der Waals surface area contributed by atoms with Crippen molar-refractivity contribution in [2.75, 3.05) is 53.4 Å². The molecule has 0 aliphatic carbocycles. The average molecular weight is 386 g/mol. The van der Waals surface area contributed by atoms with E-state index in [1.165, 1.54) is 0 Å². The van der Waals surface area contributed by atoms with Crippen molar-refractivity contribution in [2.45, 2.75) is 19.9 Å². The fourth-order valence-electron chi connectivity index (χ4n) is 3.72. The van der Waals surface area contributed by atoms with Crippen molar-refractivity contribution < 1.29 is 14.3 Å². The van der Waals surface area contributed by atoms with Crippen molar-refractivity contribution in [3.05, 3.63) is 46.7 Å². The second kappa shape index (κ2) is 8.75. The number of nitrogens with zero attached hydrogens (tertiary/aromatic N) is 3. The molecule has 1 saturated heterocycles. The lowest BCUT2D eigenvalue weighted by Crippen LogP contribution is -2.51. The minimum Gasteiger partial charge on any atom is -0.463 e. The smallest absolute Gasteiger partial charge is 0.338 e. The van der Waals surface area contributed by atoms with Crippen molar-refractivity contribution >= 4 is 12.0 Å². The molecule has 1 aromatic rings. The van der Waals surface area contributed by atoms with E-state index in [1.54, 1.807) is 18.9 Å². The number of nitrogens with one attached hydrogen (secondary N) is 1. The van der Waals surface area contributed by atoms with E-state index in [2.05, 4.69) is 22.2 Å². The number of urea groups is 1. The van der Waals surface area contributed by atoms with Gasteiger partial charge < -0.3 is 15.0 Å². The minimum absolute atomic E-state index is 0.205. The van der Waals surface area contributed by atoms with Crippen LogP contribution in [-0.2, 0) is 9.53 Å². The van der Waals surface area contributed by atoms with Crippen LogP contribution in [0.4, 0.5) is 4.79 Å². The van der Waals surface area contributed by atoms with Crippen LogP contribution < -0.4 is 5.32 Å². The van der Waals surface area contributed by atoms with Gasteiger partial charge in [0.1, 0.15) is 0 Å². The highest BCUT2D eigenvalue weighted by Crippen LogP contribution is 2.31. The molecule has 0 bridgehead atoms. The number of aryl methyl sites for hydroxylation is 1. The fraction of sp³-hybridized carbons (Fsp3) is 0.524. The van der Waals surface area contributed by atoms with Gasteiger partial charge in [0.2, 0.25) is 0 Å². The van der Waals surface area contributed by atoms with Crippen molar-refractivity contribution in [1.82, 2.24) is 20.0 Å². The quantitative estimate of drug-likeness (QED) is 0.781. The van der Waals surface area contributed by atoms with Crippen molar-refractivity contribution in [3.8, 4) is 0 Å². The zero-order valence-corrected chi connectivity index (χ0v) is 17.2. The zero-order chi connectivity index (χ0) is 20.3. The fourth-order valence-corrected chi connectivity index (χ4v) is 3.72. The molecule has 1 atom stereocenters. The minimum atomic E-state index is -0.509. The Labute approximate surface area is 166 Å². The maximum Gasteiger partial charge on any atom is 0.338 e. The molecule has 2 aliphatic heterocycles. The molecule has 152 valence electrons. The maximum absolute atomic E-state index is 12.9. The molecule has 1 N–H and O–H groups in total. The van der Waals surface area contributed by atoms with Gasteiger partial charge in [-0.25, -0.2) is 9.59 Å². The van der Waals surface area contributed by atoms with Gasteiger partial charge in [-0.15, -0.1) is 0 Å². The lowest BCUT2D eigenvalue weighted by molar-refractivity contribution is -0.139. The summed E-state index contributed by atoms with van der Waals surface area (Å²) in [4.78, 5) is 31.8. The molecule has 0 unspecified atom stereocenters. The molecule has 2 aliphatic rings. The van der Waals surface area contributed by atoms with Crippen LogP contribution in [0.2, 0.25) is 0 Å². The van der Waals surface area contributed by atoms with E-state index in [-0.39, 0.29) is 12.0 Å². The Morgan fingerprint density at radius 3 is 2.57 bits per heavy atom. The predicted molar refractivity (Wildman–Crippen MR) is 108 cm³/mol. The number of carbonyl (C=O) groups is 2.